The van der Waals surface area contributed by atoms with Crippen LogP contribution in [-0.2, 0) is 4.79 Å². The first-order chi connectivity index (χ1) is 9.99. The minimum atomic E-state index is -1.09. The van der Waals surface area contributed by atoms with Crippen molar-refractivity contribution < 1.29 is 14.7 Å². The topological polar surface area (TPSA) is 109 Å². The molecule has 1 saturated heterocycles. The van der Waals surface area contributed by atoms with Crippen LogP contribution in [0.25, 0.3) is 0 Å². The third-order valence-electron chi connectivity index (χ3n) is 3.56. The maximum absolute atomic E-state index is 12.3. The van der Waals surface area contributed by atoms with Crippen LogP contribution in [-0.4, -0.2) is 46.0 Å². The van der Waals surface area contributed by atoms with Gasteiger partial charge in [-0.2, -0.15) is 0 Å². The van der Waals surface area contributed by atoms with Crippen LogP contribution >= 0.6 is 0 Å². The quantitative estimate of drug-likeness (QED) is 0.769. The summed E-state index contributed by atoms with van der Waals surface area (Å²) in [5, 5.41) is 11.8. The van der Waals surface area contributed by atoms with Gasteiger partial charge in [-0.25, -0.2) is 9.78 Å². The molecule has 0 radical (unpaired) electrons. The van der Waals surface area contributed by atoms with Crippen molar-refractivity contribution in [2.45, 2.75) is 32.2 Å². The van der Waals surface area contributed by atoms with Crippen LogP contribution in [0.4, 0.5) is 11.5 Å². The second kappa shape index (κ2) is 6.43. The molecule has 0 aromatic carbocycles. The lowest BCUT2D eigenvalue weighted by molar-refractivity contribution is -0.132. The standard InChI is InChI=1S/C14H20N4O3/c1-9(13(19)18-5-3-2-4-6-18)17-12-11(15)7-10(8-16-12)14(20)21/h7-9H,2-6,15H2,1H3,(H,16,17)(H,20,21). The fourth-order valence-electron chi connectivity index (χ4n) is 2.37. The summed E-state index contributed by atoms with van der Waals surface area (Å²) in [6.07, 6.45) is 4.45. The largest absolute Gasteiger partial charge is 0.478 e. The fraction of sp³-hybridized carbons (Fsp3) is 0.500. The van der Waals surface area contributed by atoms with Crippen molar-refractivity contribution in [1.29, 1.82) is 0 Å². The van der Waals surface area contributed by atoms with Gasteiger partial charge in [-0.1, -0.05) is 0 Å². The molecule has 1 aromatic heterocycles. The minimum Gasteiger partial charge on any atom is -0.478 e. The van der Waals surface area contributed by atoms with E-state index in [2.05, 4.69) is 10.3 Å². The van der Waals surface area contributed by atoms with E-state index in [4.69, 9.17) is 10.8 Å². The number of carboxylic acids is 1. The van der Waals surface area contributed by atoms with Crippen molar-refractivity contribution in [2.24, 2.45) is 0 Å². The van der Waals surface area contributed by atoms with Gasteiger partial charge >= 0.3 is 5.97 Å². The molecule has 0 spiro atoms. The van der Waals surface area contributed by atoms with Gasteiger partial charge in [0, 0.05) is 19.3 Å². The molecule has 1 aromatic rings. The number of carbonyl (C=O) groups excluding carboxylic acids is 1. The third kappa shape index (κ3) is 3.62. The number of nitrogens with two attached hydrogens (primary N) is 1. The summed E-state index contributed by atoms with van der Waals surface area (Å²) in [5.41, 5.74) is 6.01. The number of hydrogen-bond donors (Lipinski definition) is 3. The average Bonchev–Trinajstić information content (AvgIpc) is 2.49. The normalized spacial score (nSPS) is 16.3. The summed E-state index contributed by atoms with van der Waals surface area (Å²) in [5.74, 6) is -0.741. The van der Waals surface area contributed by atoms with E-state index in [1.54, 1.807) is 6.92 Å². The van der Waals surface area contributed by atoms with E-state index in [1.165, 1.54) is 12.3 Å². The number of anilines is 2. The minimum absolute atomic E-state index is 0.0122. The summed E-state index contributed by atoms with van der Waals surface area (Å²) >= 11 is 0. The Balaban J connectivity index is 2.03. The number of nitrogens with zero attached hydrogens (tertiary/aromatic N) is 2. The highest BCUT2D eigenvalue weighted by molar-refractivity contribution is 5.90. The molecule has 0 aliphatic carbocycles. The Kier molecular flexibility index (Phi) is 4.62. The number of carboxylic acid groups (broad SMARTS) is 1. The number of rotatable bonds is 4. The van der Waals surface area contributed by atoms with Gasteiger partial charge in [0.2, 0.25) is 5.91 Å². The summed E-state index contributed by atoms with van der Waals surface area (Å²) in [6.45, 7) is 3.32. The molecule has 4 N–H and O–H groups in total. The molecular weight excluding hydrogens is 272 g/mol. The number of aromatic carboxylic acids is 1. The van der Waals surface area contributed by atoms with Crippen LogP contribution in [0.3, 0.4) is 0 Å². The number of pyridine rings is 1. The summed E-state index contributed by atoms with van der Waals surface area (Å²) in [4.78, 5) is 28.9. The predicted molar refractivity (Wildman–Crippen MR) is 79.1 cm³/mol. The van der Waals surface area contributed by atoms with Gasteiger partial charge in [0.15, 0.2) is 0 Å². The SMILES string of the molecule is CC(Nc1ncc(C(=O)O)cc1N)C(=O)N1CCCCC1. The maximum atomic E-state index is 12.3. The molecule has 1 atom stereocenters. The Hall–Kier alpha value is -2.31. The van der Waals surface area contributed by atoms with Gasteiger partial charge in [0.25, 0.3) is 0 Å². The zero-order valence-electron chi connectivity index (χ0n) is 12.0. The van der Waals surface area contributed by atoms with Crippen molar-refractivity contribution in [1.82, 2.24) is 9.88 Å². The van der Waals surface area contributed by atoms with Gasteiger partial charge in [-0.15, -0.1) is 0 Å². The molecule has 1 amide bonds. The van der Waals surface area contributed by atoms with Gasteiger partial charge in [0.1, 0.15) is 11.9 Å². The van der Waals surface area contributed by atoms with Crippen LogP contribution in [0.2, 0.25) is 0 Å². The molecule has 7 nitrogen and oxygen atoms in total. The molecule has 1 aliphatic rings. The van der Waals surface area contributed by atoms with Crippen LogP contribution in [0, 0.1) is 0 Å². The summed E-state index contributed by atoms with van der Waals surface area (Å²) < 4.78 is 0. The first-order valence-corrected chi connectivity index (χ1v) is 7.03. The number of amides is 1. The molecule has 2 rings (SSSR count). The number of likely N-dealkylation sites (tertiary alicyclic amines) is 1. The second-order valence-electron chi connectivity index (χ2n) is 5.22. The highest BCUT2D eigenvalue weighted by Crippen LogP contribution is 2.18. The Morgan fingerprint density at radius 3 is 2.62 bits per heavy atom. The Morgan fingerprint density at radius 2 is 2.05 bits per heavy atom. The van der Waals surface area contributed by atoms with Gasteiger partial charge in [-0.05, 0) is 32.3 Å². The summed E-state index contributed by atoms with van der Waals surface area (Å²) in [6, 6.07) is 0.879. The lowest BCUT2D eigenvalue weighted by Gasteiger charge is -2.29. The van der Waals surface area contributed by atoms with E-state index >= 15 is 0 Å². The number of aromatic nitrogens is 1. The molecule has 21 heavy (non-hydrogen) atoms. The highest BCUT2D eigenvalue weighted by Gasteiger charge is 2.22. The number of nitrogens with one attached hydrogen (secondary N) is 1. The molecule has 2 heterocycles. The van der Waals surface area contributed by atoms with Crippen molar-refractivity contribution in [3.8, 4) is 0 Å². The average molecular weight is 292 g/mol. The van der Waals surface area contributed by atoms with E-state index < -0.39 is 12.0 Å². The molecule has 1 aliphatic heterocycles. The molecular formula is C14H20N4O3. The zero-order chi connectivity index (χ0) is 15.4. The molecule has 1 unspecified atom stereocenters. The smallest absolute Gasteiger partial charge is 0.337 e. The molecule has 0 saturated carbocycles. The number of piperidine rings is 1. The van der Waals surface area contributed by atoms with Crippen molar-refractivity contribution in [3.63, 3.8) is 0 Å². The second-order valence-corrected chi connectivity index (χ2v) is 5.22. The van der Waals surface area contributed by atoms with Crippen molar-refractivity contribution in [2.75, 3.05) is 24.1 Å². The van der Waals surface area contributed by atoms with Crippen LogP contribution in [0.1, 0.15) is 36.5 Å². The number of carbonyl (C=O) groups is 2. The molecule has 0 bridgehead atoms. The van der Waals surface area contributed by atoms with E-state index in [0.717, 1.165) is 32.4 Å². The first-order valence-electron chi connectivity index (χ1n) is 7.03. The Morgan fingerprint density at radius 1 is 1.38 bits per heavy atom. The highest BCUT2D eigenvalue weighted by atomic mass is 16.4. The maximum Gasteiger partial charge on any atom is 0.337 e. The fourth-order valence-corrected chi connectivity index (χ4v) is 2.37. The monoisotopic (exact) mass is 292 g/mol. The summed E-state index contributed by atoms with van der Waals surface area (Å²) in [7, 11) is 0. The van der Waals surface area contributed by atoms with Crippen LogP contribution < -0.4 is 11.1 Å². The van der Waals surface area contributed by atoms with Gasteiger partial charge in [0.05, 0.1) is 11.3 Å². The number of hydrogen-bond acceptors (Lipinski definition) is 5. The lowest BCUT2D eigenvalue weighted by Crippen LogP contribution is -2.44. The van der Waals surface area contributed by atoms with E-state index in [9.17, 15) is 9.59 Å². The number of nitrogen functional groups attached to an aromatic ring is 1. The first kappa shape index (κ1) is 15.1. The van der Waals surface area contributed by atoms with Crippen molar-refractivity contribution >= 4 is 23.4 Å². The van der Waals surface area contributed by atoms with Crippen LogP contribution in [0.15, 0.2) is 12.3 Å². The third-order valence-corrected chi connectivity index (χ3v) is 3.56. The van der Waals surface area contributed by atoms with E-state index in [-0.39, 0.29) is 17.2 Å². The Labute approximate surface area is 123 Å². The lowest BCUT2D eigenvalue weighted by atomic mass is 10.1. The van der Waals surface area contributed by atoms with Crippen molar-refractivity contribution in [3.05, 3.63) is 17.8 Å². The van der Waals surface area contributed by atoms with E-state index in [0.29, 0.717) is 5.82 Å². The van der Waals surface area contributed by atoms with Gasteiger partial charge < -0.3 is 21.1 Å². The predicted octanol–water partition coefficient (Wildman–Crippen LogP) is 1.17. The Bertz CT molecular complexity index is 541. The van der Waals surface area contributed by atoms with Crippen LogP contribution in [0.5, 0.6) is 0 Å². The van der Waals surface area contributed by atoms with E-state index in [1.807, 2.05) is 4.90 Å². The molecule has 1 fully saturated rings. The van der Waals surface area contributed by atoms with Gasteiger partial charge in [-0.3, -0.25) is 4.79 Å². The zero-order valence-corrected chi connectivity index (χ0v) is 12.0. The molecule has 114 valence electrons. The molecule has 7 heteroatoms.